The Morgan fingerprint density at radius 2 is 1.88 bits per heavy atom. The highest BCUT2D eigenvalue weighted by molar-refractivity contribution is 6.02. The van der Waals surface area contributed by atoms with E-state index in [0.717, 1.165) is 48.1 Å². The van der Waals surface area contributed by atoms with E-state index in [-0.39, 0.29) is 6.04 Å². The first-order chi connectivity index (χ1) is 15.3. The van der Waals surface area contributed by atoms with Gasteiger partial charge in [-0.1, -0.05) is 19.8 Å². The molecule has 0 amide bonds. The number of halogens is 3. The monoisotopic (exact) mass is 439 g/mol. The van der Waals surface area contributed by atoms with Crippen LogP contribution in [0.5, 0.6) is 0 Å². The van der Waals surface area contributed by atoms with Crippen LogP contribution in [-0.2, 0) is 12.6 Å². The average molecular weight is 439 g/mol. The molecule has 0 unspecified atom stereocenters. The molecule has 2 atom stereocenters. The number of benzene rings is 1. The summed E-state index contributed by atoms with van der Waals surface area (Å²) in [6.45, 7) is 4.11. The van der Waals surface area contributed by atoms with Crippen LogP contribution in [0.3, 0.4) is 0 Å². The molecule has 1 aliphatic rings. The molecule has 3 aromatic heterocycles. The van der Waals surface area contributed by atoms with Gasteiger partial charge in [0.25, 0.3) is 0 Å². The summed E-state index contributed by atoms with van der Waals surface area (Å²) in [5.41, 5.74) is 2.83. The maximum atomic E-state index is 13.5. The van der Waals surface area contributed by atoms with E-state index in [9.17, 15) is 13.2 Å². The molecule has 1 aromatic carbocycles. The zero-order chi connectivity index (χ0) is 22.5. The number of imidazole rings is 1. The van der Waals surface area contributed by atoms with Gasteiger partial charge >= 0.3 is 6.18 Å². The van der Waals surface area contributed by atoms with Crippen molar-refractivity contribution in [3.63, 3.8) is 0 Å². The van der Waals surface area contributed by atoms with Gasteiger partial charge in [-0.05, 0) is 43.9 Å². The number of hydrogen-bond acceptors (Lipinski definition) is 4. The van der Waals surface area contributed by atoms with Crippen molar-refractivity contribution >= 4 is 21.9 Å². The van der Waals surface area contributed by atoms with Gasteiger partial charge in [0.05, 0.1) is 34.2 Å². The van der Waals surface area contributed by atoms with E-state index in [1.807, 2.05) is 6.92 Å². The van der Waals surface area contributed by atoms with Crippen LogP contribution in [-0.4, -0.2) is 24.5 Å². The first-order valence-electron chi connectivity index (χ1n) is 10.9. The zero-order valence-corrected chi connectivity index (χ0v) is 18.0. The summed E-state index contributed by atoms with van der Waals surface area (Å²) >= 11 is 0. The van der Waals surface area contributed by atoms with Crippen LogP contribution in [0.4, 0.5) is 13.2 Å². The molecule has 8 heteroatoms. The molecule has 5 rings (SSSR count). The van der Waals surface area contributed by atoms with Crippen molar-refractivity contribution < 1.29 is 13.2 Å². The molecule has 0 saturated heterocycles. The molecule has 0 radical (unpaired) electrons. The minimum absolute atomic E-state index is 0.178. The Balaban J connectivity index is 1.74. The molecular formula is C24H24F3N5. The molecule has 4 aromatic rings. The summed E-state index contributed by atoms with van der Waals surface area (Å²) in [5.74, 6) is 1.35. The quantitative estimate of drug-likeness (QED) is 0.390. The lowest BCUT2D eigenvalue weighted by Gasteiger charge is -2.30. The Labute approximate surface area is 183 Å². The van der Waals surface area contributed by atoms with E-state index in [0.29, 0.717) is 28.8 Å². The summed E-state index contributed by atoms with van der Waals surface area (Å²) in [4.78, 5) is 18.0. The second-order valence-electron chi connectivity index (χ2n) is 8.87. The van der Waals surface area contributed by atoms with Crippen LogP contribution in [0.15, 0.2) is 36.8 Å². The Morgan fingerprint density at radius 3 is 2.59 bits per heavy atom. The van der Waals surface area contributed by atoms with Gasteiger partial charge in [0.1, 0.15) is 11.3 Å². The van der Waals surface area contributed by atoms with Crippen LogP contribution in [0.2, 0.25) is 0 Å². The van der Waals surface area contributed by atoms with Gasteiger partial charge in [0.2, 0.25) is 0 Å². The fraction of sp³-hybridized carbons (Fsp3) is 0.417. The maximum absolute atomic E-state index is 13.5. The fourth-order valence-corrected chi connectivity index (χ4v) is 4.83. The third kappa shape index (κ3) is 3.82. The summed E-state index contributed by atoms with van der Waals surface area (Å²) in [7, 11) is 0. The number of aromatic nitrogens is 5. The molecule has 5 nitrogen and oxygen atoms in total. The van der Waals surface area contributed by atoms with Crippen molar-refractivity contribution in [3.05, 3.63) is 59.6 Å². The van der Waals surface area contributed by atoms with Gasteiger partial charge < -0.3 is 4.57 Å². The number of fused-ring (bicyclic) bond motifs is 3. The summed E-state index contributed by atoms with van der Waals surface area (Å²) in [6.07, 6.45) is 5.38. The Kier molecular flexibility index (Phi) is 5.10. The first-order valence-corrected chi connectivity index (χ1v) is 10.9. The van der Waals surface area contributed by atoms with E-state index >= 15 is 0 Å². The van der Waals surface area contributed by atoms with E-state index in [4.69, 9.17) is 4.98 Å². The van der Waals surface area contributed by atoms with E-state index in [2.05, 4.69) is 26.4 Å². The van der Waals surface area contributed by atoms with Crippen molar-refractivity contribution in [1.29, 1.82) is 0 Å². The Hall–Kier alpha value is -3.03. The smallest absolute Gasteiger partial charge is 0.324 e. The number of hydrogen-bond donors (Lipinski definition) is 0. The normalized spacial score (nSPS) is 19.7. The number of aryl methyl sites for hydroxylation is 1. The van der Waals surface area contributed by atoms with Crippen LogP contribution in [0, 0.1) is 12.8 Å². The number of pyridine rings is 1. The van der Waals surface area contributed by atoms with Crippen LogP contribution in [0.25, 0.3) is 21.9 Å². The van der Waals surface area contributed by atoms with Gasteiger partial charge in [-0.25, -0.2) is 4.98 Å². The van der Waals surface area contributed by atoms with Crippen molar-refractivity contribution in [2.24, 2.45) is 5.92 Å². The topological polar surface area (TPSA) is 56.5 Å². The molecule has 1 saturated carbocycles. The van der Waals surface area contributed by atoms with Crippen LogP contribution < -0.4 is 0 Å². The molecular weight excluding hydrogens is 415 g/mol. The maximum Gasteiger partial charge on any atom is 0.416 e. The second-order valence-corrected chi connectivity index (χ2v) is 8.87. The summed E-state index contributed by atoms with van der Waals surface area (Å²) < 4.78 is 42.6. The standard InChI is InChI=1S/C24H24F3N5/c1-14-4-3-5-18(8-14)32-22(10-17-12-28-15(2)11-29-17)31-21-13-30-20-7-6-16(24(25,26)27)9-19(20)23(21)32/h6-7,9,11-14,18H,3-5,8,10H2,1-2H3/t14-,18+/m0/s1. The third-order valence-electron chi connectivity index (χ3n) is 6.36. The van der Waals surface area contributed by atoms with Gasteiger partial charge in [0.15, 0.2) is 0 Å². The highest BCUT2D eigenvalue weighted by atomic mass is 19.4. The molecule has 1 aliphatic carbocycles. The predicted molar refractivity (Wildman–Crippen MR) is 116 cm³/mol. The molecule has 3 heterocycles. The number of rotatable bonds is 3. The van der Waals surface area contributed by atoms with Crippen LogP contribution in [0.1, 0.15) is 61.4 Å². The van der Waals surface area contributed by atoms with Crippen LogP contribution >= 0.6 is 0 Å². The lowest BCUT2D eigenvalue weighted by Crippen LogP contribution is -2.20. The SMILES string of the molecule is Cc1cnc(Cc2nc3cnc4ccc(C(F)(F)F)cc4c3n2[C@@H]2CCC[C@H](C)C2)cn1. The summed E-state index contributed by atoms with van der Waals surface area (Å²) in [5, 5.41) is 0.490. The van der Waals surface area contributed by atoms with E-state index < -0.39 is 11.7 Å². The number of alkyl halides is 3. The molecule has 0 aliphatic heterocycles. The molecule has 0 bridgehead atoms. The highest BCUT2D eigenvalue weighted by Crippen LogP contribution is 2.39. The third-order valence-corrected chi connectivity index (χ3v) is 6.36. The molecule has 0 spiro atoms. The largest absolute Gasteiger partial charge is 0.416 e. The van der Waals surface area contributed by atoms with Crippen molar-refractivity contribution in [2.45, 2.75) is 58.2 Å². The lowest BCUT2D eigenvalue weighted by molar-refractivity contribution is -0.137. The van der Waals surface area contributed by atoms with Crippen molar-refractivity contribution in [1.82, 2.24) is 24.5 Å². The predicted octanol–water partition coefficient (Wildman–Crippen LogP) is 6.04. The zero-order valence-electron chi connectivity index (χ0n) is 18.0. The summed E-state index contributed by atoms with van der Waals surface area (Å²) in [6, 6.07) is 3.93. The highest BCUT2D eigenvalue weighted by Gasteiger charge is 2.32. The van der Waals surface area contributed by atoms with Gasteiger partial charge in [-0.2, -0.15) is 13.2 Å². The second kappa shape index (κ2) is 7.83. The molecule has 1 fully saturated rings. The molecule has 0 N–H and O–H groups in total. The minimum Gasteiger partial charge on any atom is -0.324 e. The van der Waals surface area contributed by atoms with Gasteiger partial charge in [-0.3, -0.25) is 15.0 Å². The average Bonchev–Trinajstić information content (AvgIpc) is 3.13. The molecule has 32 heavy (non-hydrogen) atoms. The Morgan fingerprint density at radius 1 is 1.03 bits per heavy atom. The van der Waals surface area contributed by atoms with Crippen molar-refractivity contribution in [2.75, 3.05) is 0 Å². The van der Waals surface area contributed by atoms with Crippen molar-refractivity contribution in [3.8, 4) is 0 Å². The van der Waals surface area contributed by atoms with Gasteiger partial charge in [-0.15, -0.1) is 0 Å². The number of nitrogens with zero attached hydrogens (tertiary/aromatic N) is 5. The molecule has 166 valence electrons. The van der Waals surface area contributed by atoms with E-state index in [1.54, 1.807) is 18.6 Å². The lowest BCUT2D eigenvalue weighted by atomic mass is 9.86. The Bertz CT molecular complexity index is 1280. The van der Waals surface area contributed by atoms with E-state index in [1.165, 1.54) is 18.6 Å². The minimum atomic E-state index is -4.42. The fourth-order valence-electron chi connectivity index (χ4n) is 4.83. The first kappa shape index (κ1) is 20.8. The van der Waals surface area contributed by atoms with Gasteiger partial charge in [0, 0.05) is 30.2 Å².